The van der Waals surface area contributed by atoms with Gasteiger partial charge in [0.25, 0.3) is 5.78 Å². The number of ether oxygens (including phenoxy) is 1. The molecule has 0 atom stereocenters. The number of carboxylic acid groups (broad SMARTS) is 1. The van der Waals surface area contributed by atoms with E-state index in [1.54, 1.807) is 0 Å². The van der Waals surface area contributed by atoms with Gasteiger partial charge in [-0.3, -0.25) is 14.9 Å². The van der Waals surface area contributed by atoms with Gasteiger partial charge >= 0.3 is 11.7 Å². The van der Waals surface area contributed by atoms with Crippen LogP contribution in [0.3, 0.4) is 0 Å². The molecule has 0 unspecified atom stereocenters. The Bertz CT molecular complexity index is 576. The van der Waals surface area contributed by atoms with Crippen LogP contribution in [0.5, 0.6) is 5.75 Å². The molecule has 2 N–H and O–H groups in total. The van der Waals surface area contributed by atoms with Gasteiger partial charge in [0.05, 0.1) is 12.0 Å². The summed E-state index contributed by atoms with van der Waals surface area (Å²) in [6.45, 7) is 0. The molecule has 0 aliphatic carbocycles. The van der Waals surface area contributed by atoms with Gasteiger partial charge in [0.2, 0.25) is 0 Å². The van der Waals surface area contributed by atoms with Crippen LogP contribution in [0.2, 0.25) is 0 Å². The number of aliphatic carboxylic acids is 1. The maximum Gasteiger partial charge on any atom is 0.376 e. The van der Waals surface area contributed by atoms with Crippen LogP contribution < -0.4 is 4.74 Å². The Morgan fingerprint density at radius 3 is 2.47 bits per heavy atom. The molecular weight excluding hydrogens is 258 g/mol. The molecule has 0 aromatic heterocycles. The third-order valence-corrected chi connectivity index (χ3v) is 2.15. The third-order valence-electron chi connectivity index (χ3n) is 2.15. The largest absolute Gasteiger partial charge is 0.507 e. The molecule has 0 amide bonds. The van der Waals surface area contributed by atoms with Crippen molar-refractivity contribution in [2.45, 2.75) is 0 Å². The lowest BCUT2D eigenvalue weighted by molar-refractivity contribution is -0.385. The second kappa shape index (κ2) is 5.63. The Kier molecular flexibility index (Phi) is 4.19. The van der Waals surface area contributed by atoms with Gasteiger partial charge in [-0.05, 0) is 12.1 Å². The molecule has 8 heteroatoms. The zero-order valence-corrected chi connectivity index (χ0v) is 9.69. The van der Waals surface area contributed by atoms with Crippen LogP contribution in [0.25, 0.3) is 5.76 Å². The number of aliphatic hydroxyl groups is 1. The van der Waals surface area contributed by atoms with Crippen molar-refractivity contribution in [2.24, 2.45) is 0 Å². The Morgan fingerprint density at radius 1 is 1.37 bits per heavy atom. The van der Waals surface area contributed by atoms with Crippen molar-refractivity contribution >= 4 is 23.2 Å². The smallest absolute Gasteiger partial charge is 0.376 e. The minimum absolute atomic E-state index is 0.0221. The molecule has 1 aromatic carbocycles. The Balaban J connectivity index is 3.22. The number of carbonyl (C=O) groups excluding carboxylic acids is 1. The number of methoxy groups -OCH3 is 1. The highest BCUT2D eigenvalue weighted by molar-refractivity contribution is 6.38. The lowest BCUT2D eigenvalue weighted by Gasteiger charge is -2.04. The summed E-state index contributed by atoms with van der Waals surface area (Å²) in [5.74, 6) is -3.78. The minimum Gasteiger partial charge on any atom is -0.507 e. The number of rotatable bonds is 5. The van der Waals surface area contributed by atoms with E-state index in [1.807, 2.05) is 0 Å². The van der Waals surface area contributed by atoms with E-state index in [0.29, 0.717) is 6.08 Å². The fourth-order valence-electron chi connectivity index (χ4n) is 1.26. The van der Waals surface area contributed by atoms with Crippen molar-refractivity contribution in [3.63, 3.8) is 0 Å². The molecule has 1 aromatic rings. The summed E-state index contributed by atoms with van der Waals surface area (Å²) in [4.78, 5) is 31.2. The molecule has 0 heterocycles. The maximum atomic E-state index is 10.9. The summed E-state index contributed by atoms with van der Waals surface area (Å²) < 4.78 is 4.76. The average molecular weight is 267 g/mol. The predicted molar refractivity (Wildman–Crippen MR) is 62.9 cm³/mol. The number of carboxylic acids is 1. The Morgan fingerprint density at radius 2 is 2.00 bits per heavy atom. The van der Waals surface area contributed by atoms with Crippen LogP contribution in [0.4, 0.5) is 5.69 Å². The molecule has 19 heavy (non-hydrogen) atoms. The Labute approximate surface area is 106 Å². The average Bonchev–Trinajstić information content (AvgIpc) is 2.37. The summed E-state index contributed by atoms with van der Waals surface area (Å²) in [6, 6.07) is 3.45. The second-order valence-electron chi connectivity index (χ2n) is 3.34. The van der Waals surface area contributed by atoms with E-state index in [9.17, 15) is 24.8 Å². The molecule has 8 nitrogen and oxygen atoms in total. The first-order valence-electron chi connectivity index (χ1n) is 4.87. The number of ketones is 1. The molecule has 1 rings (SSSR count). The van der Waals surface area contributed by atoms with Crippen LogP contribution in [0.15, 0.2) is 24.3 Å². The predicted octanol–water partition coefficient (Wildman–Crippen LogP) is 1.16. The van der Waals surface area contributed by atoms with E-state index in [2.05, 4.69) is 0 Å². The van der Waals surface area contributed by atoms with Gasteiger partial charge < -0.3 is 14.9 Å². The van der Waals surface area contributed by atoms with E-state index in [-0.39, 0.29) is 11.3 Å². The van der Waals surface area contributed by atoms with Crippen molar-refractivity contribution in [3.8, 4) is 5.75 Å². The van der Waals surface area contributed by atoms with Gasteiger partial charge in [-0.25, -0.2) is 4.79 Å². The highest BCUT2D eigenvalue weighted by Gasteiger charge is 2.17. The first-order valence-corrected chi connectivity index (χ1v) is 4.87. The van der Waals surface area contributed by atoms with Crippen molar-refractivity contribution < 1.29 is 29.5 Å². The minimum atomic E-state index is -1.74. The van der Waals surface area contributed by atoms with E-state index in [0.717, 1.165) is 6.07 Å². The SMILES string of the molecule is COc1ccc(/C(O)=C/C(=O)C(=O)O)cc1[N+](=O)[O-]. The van der Waals surface area contributed by atoms with E-state index >= 15 is 0 Å². The van der Waals surface area contributed by atoms with Crippen LogP contribution in [-0.4, -0.2) is 34.0 Å². The molecule has 0 bridgehead atoms. The van der Waals surface area contributed by atoms with Crippen LogP contribution in [-0.2, 0) is 9.59 Å². The summed E-state index contributed by atoms with van der Waals surface area (Å²) in [6.07, 6.45) is 0.466. The molecular formula is C11H9NO7. The third kappa shape index (κ3) is 3.28. The first-order chi connectivity index (χ1) is 8.86. The summed E-state index contributed by atoms with van der Waals surface area (Å²) in [7, 11) is 1.24. The topological polar surface area (TPSA) is 127 Å². The highest BCUT2D eigenvalue weighted by atomic mass is 16.6. The number of nitrogens with zero attached hydrogens (tertiary/aromatic N) is 1. The standard InChI is InChI=1S/C11H9NO7/c1-19-10-3-2-6(4-7(10)12(17)18)8(13)5-9(14)11(15)16/h2-5,13H,1H3,(H,15,16)/b8-5-. The van der Waals surface area contributed by atoms with Crippen LogP contribution in [0, 0.1) is 10.1 Å². The van der Waals surface area contributed by atoms with E-state index < -0.39 is 28.1 Å². The van der Waals surface area contributed by atoms with Gasteiger partial charge in [0.15, 0.2) is 5.75 Å². The molecule has 0 saturated heterocycles. The van der Waals surface area contributed by atoms with Gasteiger partial charge in [0.1, 0.15) is 5.76 Å². The zero-order valence-electron chi connectivity index (χ0n) is 9.69. The number of aliphatic hydroxyl groups excluding tert-OH is 1. The molecule has 0 radical (unpaired) electrons. The van der Waals surface area contributed by atoms with Crippen molar-refractivity contribution in [1.29, 1.82) is 0 Å². The summed E-state index contributed by atoms with van der Waals surface area (Å²) in [5, 5.41) is 28.6. The molecule has 0 saturated carbocycles. The van der Waals surface area contributed by atoms with E-state index in [1.165, 1.54) is 19.2 Å². The van der Waals surface area contributed by atoms with Gasteiger partial charge in [-0.1, -0.05) is 0 Å². The highest BCUT2D eigenvalue weighted by Crippen LogP contribution is 2.29. The van der Waals surface area contributed by atoms with Crippen molar-refractivity contribution in [2.75, 3.05) is 7.11 Å². The summed E-state index contributed by atoms with van der Waals surface area (Å²) >= 11 is 0. The molecule has 0 spiro atoms. The Hall–Kier alpha value is -2.90. The summed E-state index contributed by atoms with van der Waals surface area (Å²) in [5.41, 5.74) is -0.482. The maximum absolute atomic E-state index is 10.9. The van der Waals surface area contributed by atoms with E-state index in [4.69, 9.17) is 9.84 Å². The zero-order chi connectivity index (χ0) is 14.6. The number of hydrogen-bond acceptors (Lipinski definition) is 6. The normalized spacial score (nSPS) is 10.9. The number of benzene rings is 1. The van der Waals surface area contributed by atoms with Crippen molar-refractivity contribution in [3.05, 3.63) is 40.0 Å². The lowest BCUT2D eigenvalue weighted by atomic mass is 10.1. The fourth-order valence-corrected chi connectivity index (χ4v) is 1.26. The lowest BCUT2D eigenvalue weighted by Crippen LogP contribution is -2.09. The van der Waals surface area contributed by atoms with Crippen LogP contribution >= 0.6 is 0 Å². The first kappa shape index (κ1) is 14.2. The molecule has 0 fully saturated rings. The molecule has 0 aliphatic rings. The fraction of sp³-hybridized carbons (Fsp3) is 0.0909. The number of hydrogen-bond donors (Lipinski definition) is 2. The second-order valence-corrected chi connectivity index (χ2v) is 3.34. The van der Waals surface area contributed by atoms with Crippen LogP contribution in [0.1, 0.15) is 5.56 Å². The quantitative estimate of drug-likeness (QED) is 0.269. The number of carbonyl (C=O) groups is 2. The number of nitro groups is 1. The van der Waals surface area contributed by atoms with Crippen molar-refractivity contribution in [1.82, 2.24) is 0 Å². The molecule has 100 valence electrons. The van der Waals surface area contributed by atoms with Gasteiger partial charge in [0, 0.05) is 17.7 Å². The van der Waals surface area contributed by atoms with Gasteiger partial charge in [-0.2, -0.15) is 0 Å². The monoisotopic (exact) mass is 267 g/mol. The molecule has 0 aliphatic heterocycles. The number of nitro benzene ring substituents is 1. The van der Waals surface area contributed by atoms with Gasteiger partial charge in [-0.15, -0.1) is 0 Å².